The Morgan fingerprint density at radius 1 is 1.08 bits per heavy atom. The molecule has 2 aromatic carbocycles. The lowest BCUT2D eigenvalue weighted by Crippen LogP contribution is -2.35. The molecule has 0 saturated carbocycles. The predicted octanol–water partition coefficient (Wildman–Crippen LogP) is 6.23. The van der Waals surface area contributed by atoms with Gasteiger partial charge in [-0.3, -0.25) is 4.79 Å². The Kier molecular flexibility index (Phi) is 7.29. The summed E-state index contributed by atoms with van der Waals surface area (Å²) in [5.74, 6) is -0.532. The van der Waals surface area contributed by atoms with E-state index in [1.54, 1.807) is 37.4 Å². The summed E-state index contributed by atoms with van der Waals surface area (Å²) in [6, 6.07) is 14.1. The molecule has 1 amide bonds. The van der Waals surface area contributed by atoms with Gasteiger partial charge < -0.3 is 10.2 Å². The Hall–Kier alpha value is -3.95. The van der Waals surface area contributed by atoms with Gasteiger partial charge in [0, 0.05) is 30.6 Å². The van der Waals surface area contributed by atoms with E-state index in [1.807, 2.05) is 17.0 Å². The van der Waals surface area contributed by atoms with Crippen molar-refractivity contribution in [1.82, 2.24) is 20.1 Å². The molecule has 0 aliphatic carbocycles. The van der Waals surface area contributed by atoms with Gasteiger partial charge in [0.15, 0.2) is 0 Å². The number of amides is 1. The fraction of sp³-hybridized carbons (Fsp3) is 0.345. The van der Waals surface area contributed by atoms with Crippen molar-refractivity contribution in [3.8, 4) is 5.69 Å². The highest BCUT2D eigenvalue weighted by Gasteiger charge is 2.34. The van der Waals surface area contributed by atoms with Gasteiger partial charge in [-0.15, -0.1) is 0 Å². The molecule has 1 N–H and O–H groups in total. The third-order valence-corrected chi connectivity index (χ3v) is 7.37. The van der Waals surface area contributed by atoms with E-state index in [0.717, 1.165) is 18.9 Å². The largest absolute Gasteiger partial charge is 0.433 e. The molecule has 4 aromatic rings. The number of nitrogens with one attached hydrogen (secondary N) is 1. The maximum atomic E-state index is 14.4. The average Bonchev–Trinajstić information content (AvgIpc) is 3.35. The number of hydrogen-bond acceptors (Lipinski definition) is 4. The molecule has 1 unspecified atom stereocenters. The number of halogens is 4. The molecule has 0 bridgehead atoms. The molecule has 6 nitrogen and oxygen atoms in total. The first-order valence-corrected chi connectivity index (χ1v) is 12.9. The Morgan fingerprint density at radius 2 is 1.82 bits per heavy atom. The van der Waals surface area contributed by atoms with E-state index >= 15 is 0 Å². The number of nitrogens with zero attached hydrogens (tertiary/aromatic N) is 4. The van der Waals surface area contributed by atoms with Gasteiger partial charge in [-0.2, -0.15) is 18.3 Å². The van der Waals surface area contributed by atoms with E-state index in [-0.39, 0.29) is 18.3 Å². The highest BCUT2D eigenvalue weighted by atomic mass is 19.4. The summed E-state index contributed by atoms with van der Waals surface area (Å²) in [6.07, 6.45) is -1.22. The molecule has 1 saturated heterocycles. The molecule has 1 aliphatic rings. The van der Waals surface area contributed by atoms with Crippen LogP contribution in [-0.4, -0.2) is 33.8 Å². The van der Waals surface area contributed by atoms with Crippen molar-refractivity contribution in [2.24, 2.45) is 5.92 Å². The Labute approximate surface area is 223 Å². The fourth-order valence-electron chi connectivity index (χ4n) is 5.01. The van der Waals surface area contributed by atoms with Crippen molar-refractivity contribution in [2.75, 3.05) is 18.0 Å². The smallest absolute Gasteiger partial charge is 0.356 e. The first-order chi connectivity index (χ1) is 18.6. The number of pyridine rings is 1. The molecule has 204 valence electrons. The number of carbonyl (C=O) groups excluding carboxylic acids is 1. The van der Waals surface area contributed by atoms with Crippen molar-refractivity contribution in [3.05, 3.63) is 83.4 Å². The minimum absolute atomic E-state index is 0.0418. The molecule has 5 rings (SSSR count). The van der Waals surface area contributed by atoms with Crippen molar-refractivity contribution in [3.63, 3.8) is 0 Å². The summed E-state index contributed by atoms with van der Waals surface area (Å²) in [6.45, 7) is 5.14. The van der Waals surface area contributed by atoms with Crippen molar-refractivity contribution < 1.29 is 22.4 Å². The Bertz CT molecular complexity index is 1490. The van der Waals surface area contributed by atoms with Gasteiger partial charge in [-0.05, 0) is 55.5 Å². The van der Waals surface area contributed by atoms with E-state index in [2.05, 4.69) is 22.3 Å². The third-order valence-electron chi connectivity index (χ3n) is 7.37. The van der Waals surface area contributed by atoms with Crippen LogP contribution in [0.2, 0.25) is 0 Å². The van der Waals surface area contributed by atoms with E-state index in [4.69, 9.17) is 0 Å². The second-order valence-corrected chi connectivity index (χ2v) is 10.1. The number of carbonyl (C=O) groups is 1. The molecule has 3 heterocycles. The quantitative estimate of drug-likeness (QED) is 0.295. The first kappa shape index (κ1) is 26.6. The molecule has 39 heavy (non-hydrogen) atoms. The molecule has 1 aliphatic heterocycles. The molecular formula is C29H29F4N5O. The van der Waals surface area contributed by atoms with Crippen LogP contribution < -0.4 is 10.2 Å². The molecule has 1 fully saturated rings. The van der Waals surface area contributed by atoms with Crippen molar-refractivity contribution in [1.29, 1.82) is 0 Å². The number of fused-ring (bicyclic) bond motifs is 1. The van der Waals surface area contributed by atoms with Gasteiger partial charge >= 0.3 is 6.18 Å². The van der Waals surface area contributed by atoms with E-state index in [9.17, 15) is 22.4 Å². The second-order valence-electron chi connectivity index (χ2n) is 10.1. The lowest BCUT2D eigenvalue weighted by Gasteiger charge is -2.33. The van der Waals surface area contributed by atoms with E-state index in [1.165, 1.54) is 16.8 Å². The van der Waals surface area contributed by atoms with Gasteiger partial charge in [-0.1, -0.05) is 37.3 Å². The van der Waals surface area contributed by atoms with E-state index < -0.39 is 23.6 Å². The predicted molar refractivity (Wildman–Crippen MR) is 141 cm³/mol. The van der Waals surface area contributed by atoms with Crippen LogP contribution in [-0.2, 0) is 17.5 Å². The molecule has 2 aromatic heterocycles. The van der Waals surface area contributed by atoms with Crippen molar-refractivity contribution in [2.45, 2.75) is 45.3 Å². The van der Waals surface area contributed by atoms with Gasteiger partial charge in [-0.25, -0.2) is 14.1 Å². The van der Waals surface area contributed by atoms with Gasteiger partial charge in [0.1, 0.15) is 23.0 Å². The Balaban J connectivity index is 1.38. The summed E-state index contributed by atoms with van der Waals surface area (Å²) in [5.41, 5.74) is 1.26. The van der Waals surface area contributed by atoms with Crippen LogP contribution in [0.4, 0.5) is 23.4 Å². The van der Waals surface area contributed by atoms with Crippen LogP contribution in [0.1, 0.15) is 49.4 Å². The molecule has 0 spiro atoms. The number of rotatable bonds is 6. The highest BCUT2D eigenvalue weighted by molar-refractivity contribution is 5.91. The maximum Gasteiger partial charge on any atom is 0.433 e. The fourth-order valence-corrected chi connectivity index (χ4v) is 5.01. The molecule has 1 atom stereocenters. The number of alkyl halides is 3. The molecular weight excluding hydrogens is 510 g/mol. The number of piperidine rings is 1. The molecule has 0 radical (unpaired) electrons. The maximum absolute atomic E-state index is 14.4. The van der Waals surface area contributed by atoms with Crippen molar-refractivity contribution >= 4 is 22.6 Å². The minimum atomic E-state index is -4.56. The van der Waals surface area contributed by atoms with Crippen LogP contribution in [0.25, 0.3) is 16.6 Å². The topological polar surface area (TPSA) is 63.1 Å². The second kappa shape index (κ2) is 10.7. The first-order valence-electron chi connectivity index (χ1n) is 12.9. The third kappa shape index (κ3) is 5.46. The monoisotopic (exact) mass is 539 g/mol. The number of aromatic nitrogens is 3. The van der Waals surface area contributed by atoms with E-state index in [0.29, 0.717) is 46.7 Å². The van der Waals surface area contributed by atoms with Crippen LogP contribution in [0, 0.1) is 11.7 Å². The normalized spacial score (nSPS) is 15.5. The van der Waals surface area contributed by atoms with Gasteiger partial charge in [0.2, 0.25) is 5.91 Å². The molecule has 10 heteroatoms. The summed E-state index contributed by atoms with van der Waals surface area (Å²) >= 11 is 0. The SMILES string of the molecule is CC1CCN(c2nc(C(F)(F)F)ccc2CNC(=O)C(C)c2cccc3c2cnn3-c2ccccc2F)CC1. The minimum Gasteiger partial charge on any atom is -0.356 e. The van der Waals surface area contributed by atoms with Gasteiger partial charge in [0.05, 0.1) is 17.6 Å². The number of anilines is 1. The van der Waals surface area contributed by atoms with Crippen LogP contribution in [0.5, 0.6) is 0 Å². The van der Waals surface area contributed by atoms with Crippen LogP contribution >= 0.6 is 0 Å². The standard InChI is InChI=1S/C29H29F4N5O/c1-18-12-14-37(15-13-18)27-20(10-11-26(36-27)29(31,32)33)16-34-28(39)19(2)21-6-5-9-24-22(21)17-35-38(24)25-8-4-3-7-23(25)30/h3-11,17-19H,12-16H2,1-2H3,(H,34,39). The summed E-state index contributed by atoms with van der Waals surface area (Å²) in [7, 11) is 0. The highest BCUT2D eigenvalue weighted by Crippen LogP contribution is 2.33. The van der Waals surface area contributed by atoms with Gasteiger partial charge in [0.25, 0.3) is 0 Å². The number of hydrogen-bond donors (Lipinski definition) is 1. The number of para-hydroxylation sites is 1. The lowest BCUT2D eigenvalue weighted by molar-refractivity contribution is -0.141. The van der Waals surface area contributed by atoms with Crippen LogP contribution in [0.15, 0.2) is 60.8 Å². The number of benzene rings is 2. The summed E-state index contributed by atoms with van der Waals surface area (Å²) < 4.78 is 56.2. The summed E-state index contributed by atoms with van der Waals surface area (Å²) in [5, 5.41) is 7.95. The zero-order chi connectivity index (χ0) is 27.7. The van der Waals surface area contributed by atoms with Crippen LogP contribution in [0.3, 0.4) is 0 Å². The summed E-state index contributed by atoms with van der Waals surface area (Å²) in [4.78, 5) is 19.1. The average molecular weight is 540 g/mol. The zero-order valence-electron chi connectivity index (χ0n) is 21.7. The zero-order valence-corrected chi connectivity index (χ0v) is 21.7. The lowest BCUT2D eigenvalue weighted by atomic mass is 9.96. The Morgan fingerprint density at radius 3 is 2.54 bits per heavy atom.